The fraction of sp³-hybridized carbons (Fsp3) is 0.533. The molecule has 1 aliphatic rings. The SMILES string of the molecule is CN1CC[C@H](CNC(=O)CCc2cc(F)ccc2Br)C1. The molecule has 1 amide bonds. The molecule has 110 valence electrons. The molecule has 20 heavy (non-hydrogen) atoms. The predicted molar refractivity (Wildman–Crippen MR) is 81.0 cm³/mol. The molecule has 1 heterocycles. The summed E-state index contributed by atoms with van der Waals surface area (Å²) >= 11 is 3.38. The summed E-state index contributed by atoms with van der Waals surface area (Å²) in [6.45, 7) is 2.90. The third-order valence-corrected chi connectivity index (χ3v) is 4.48. The number of carbonyl (C=O) groups excluding carboxylic acids is 1. The lowest BCUT2D eigenvalue weighted by Gasteiger charge is -2.12. The highest BCUT2D eigenvalue weighted by Crippen LogP contribution is 2.19. The molecule has 0 spiro atoms. The van der Waals surface area contributed by atoms with Crippen molar-refractivity contribution in [1.29, 1.82) is 0 Å². The first kappa shape index (κ1) is 15.4. The molecule has 0 saturated carbocycles. The summed E-state index contributed by atoms with van der Waals surface area (Å²) in [5.74, 6) is 0.332. The van der Waals surface area contributed by atoms with Crippen LogP contribution < -0.4 is 5.32 Å². The second-order valence-electron chi connectivity index (χ2n) is 5.46. The van der Waals surface area contributed by atoms with Gasteiger partial charge in [-0.15, -0.1) is 0 Å². The molecule has 3 nitrogen and oxygen atoms in total. The van der Waals surface area contributed by atoms with E-state index in [-0.39, 0.29) is 11.7 Å². The van der Waals surface area contributed by atoms with Crippen molar-refractivity contribution in [1.82, 2.24) is 10.2 Å². The monoisotopic (exact) mass is 342 g/mol. The van der Waals surface area contributed by atoms with Gasteiger partial charge in [0.2, 0.25) is 5.91 Å². The Morgan fingerprint density at radius 1 is 1.55 bits per heavy atom. The number of carbonyl (C=O) groups is 1. The zero-order valence-corrected chi connectivity index (χ0v) is 13.2. The van der Waals surface area contributed by atoms with Gasteiger partial charge in [0.25, 0.3) is 0 Å². The van der Waals surface area contributed by atoms with Crippen molar-refractivity contribution < 1.29 is 9.18 Å². The van der Waals surface area contributed by atoms with E-state index in [0.29, 0.717) is 18.8 Å². The number of nitrogens with zero attached hydrogens (tertiary/aromatic N) is 1. The molecular formula is C15H20BrFN2O. The quantitative estimate of drug-likeness (QED) is 0.891. The van der Waals surface area contributed by atoms with Crippen LogP contribution in [0.1, 0.15) is 18.4 Å². The first-order valence-corrected chi connectivity index (χ1v) is 7.73. The van der Waals surface area contributed by atoms with Gasteiger partial charge in [0.15, 0.2) is 0 Å². The normalized spacial score (nSPS) is 19.2. The van der Waals surface area contributed by atoms with Gasteiger partial charge in [-0.25, -0.2) is 4.39 Å². The van der Waals surface area contributed by atoms with E-state index >= 15 is 0 Å². The van der Waals surface area contributed by atoms with Crippen molar-refractivity contribution >= 4 is 21.8 Å². The molecule has 1 saturated heterocycles. The van der Waals surface area contributed by atoms with E-state index in [2.05, 4.69) is 33.2 Å². The number of nitrogens with one attached hydrogen (secondary N) is 1. The van der Waals surface area contributed by atoms with Crippen LogP contribution in [0.5, 0.6) is 0 Å². The average molecular weight is 343 g/mol. The molecule has 0 bridgehead atoms. The van der Waals surface area contributed by atoms with E-state index in [1.807, 2.05) is 0 Å². The summed E-state index contributed by atoms with van der Waals surface area (Å²) in [4.78, 5) is 14.1. The van der Waals surface area contributed by atoms with Crippen LogP contribution in [0, 0.1) is 11.7 Å². The Kier molecular flexibility index (Phi) is 5.54. The van der Waals surface area contributed by atoms with Crippen molar-refractivity contribution in [2.45, 2.75) is 19.3 Å². The number of halogens is 2. The maximum Gasteiger partial charge on any atom is 0.220 e. The van der Waals surface area contributed by atoms with Crippen molar-refractivity contribution in [2.24, 2.45) is 5.92 Å². The van der Waals surface area contributed by atoms with Crippen molar-refractivity contribution in [3.63, 3.8) is 0 Å². The molecule has 1 aromatic rings. The predicted octanol–water partition coefficient (Wildman–Crippen LogP) is 2.59. The molecule has 0 aliphatic carbocycles. The molecule has 1 fully saturated rings. The number of benzene rings is 1. The van der Waals surface area contributed by atoms with E-state index < -0.39 is 0 Å². The Balaban J connectivity index is 1.73. The Morgan fingerprint density at radius 2 is 2.35 bits per heavy atom. The standard InChI is InChI=1S/C15H20BrFN2O/c1-19-7-6-11(10-19)9-18-15(20)5-2-12-8-13(17)3-4-14(12)16/h3-4,8,11H,2,5-7,9-10H2,1H3,(H,18,20)/t11-/m1/s1. The number of hydrogen-bond donors (Lipinski definition) is 1. The summed E-state index contributed by atoms with van der Waals surface area (Å²) in [6.07, 6.45) is 2.09. The number of amides is 1. The Bertz CT molecular complexity index is 481. The van der Waals surface area contributed by atoms with Gasteiger partial charge < -0.3 is 10.2 Å². The highest BCUT2D eigenvalue weighted by Gasteiger charge is 2.19. The van der Waals surface area contributed by atoms with E-state index in [4.69, 9.17) is 0 Å². The van der Waals surface area contributed by atoms with E-state index in [1.54, 1.807) is 6.07 Å². The lowest BCUT2D eigenvalue weighted by molar-refractivity contribution is -0.121. The zero-order chi connectivity index (χ0) is 14.5. The highest BCUT2D eigenvalue weighted by molar-refractivity contribution is 9.10. The highest BCUT2D eigenvalue weighted by atomic mass is 79.9. The maximum absolute atomic E-state index is 13.1. The van der Waals surface area contributed by atoms with Crippen molar-refractivity contribution in [3.8, 4) is 0 Å². The molecule has 0 aromatic heterocycles. The number of rotatable bonds is 5. The van der Waals surface area contributed by atoms with Crippen LogP contribution >= 0.6 is 15.9 Å². The molecule has 1 aliphatic heterocycles. The van der Waals surface area contributed by atoms with Crippen molar-refractivity contribution in [2.75, 3.05) is 26.7 Å². The van der Waals surface area contributed by atoms with Crippen LogP contribution in [0.4, 0.5) is 4.39 Å². The minimum Gasteiger partial charge on any atom is -0.356 e. The van der Waals surface area contributed by atoms with Gasteiger partial charge in [-0.2, -0.15) is 0 Å². The van der Waals surface area contributed by atoms with E-state index in [0.717, 1.165) is 36.1 Å². The lowest BCUT2D eigenvalue weighted by Crippen LogP contribution is -2.30. The largest absolute Gasteiger partial charge is 0.356 e. The first-order valence-electron chi connectivity index (χ1n) is 6.94. The summed E-state index contributed by atoms with van der Waals surface area (Å²) in [5, 5.41) is 2.97. The van der Waals surface area contributed by atoms with Gasteiger partial charge in [0.1, 0.15) is 5.82 Å². The molecule has 0 unspecified atom stereocenters. The third kappa shape index (κ3) is 4.56. The van der Waals surface area contributed by atoms with Crippen LogP contribution in [-0.2, 0) is 11.2 Å². The smallest absolute Gasteiger partial charge is 0.220 e. The molecule has 2 rings (SSSR count). The van der Waals surface area contributed by atoms with Crippen LogP contribution in [0.25, 0.3) is 0 Å². The lowest BCUT2D eigenvalue weighted by atomic mass is 10.1. The number of hydrogen-bond acceptors (Lipinski definition) is 2. The van der Waals surface area contributed by atoms with Gasteiger partial charge in [0.05, 0.1) is 0 Å². The Hall–Kier alpha value is -0.940. The van der Waals surface area contributed by atoms with Gasteiger partial charge in [-0.3, -0.25) is 4.79 Å². The summed E-state index contributed by atoms with van der Waals surface area (Å²) < 4.78 is 14.0. The minimum atomic E-state index is -0.266. The number of likely N-dealkylation sites (tertiary alicyclic amines) is 1. The Labute approximate surface area is 127 Å². The maximum atomic E-state index is 13.1. The first-order chi connectivity index (χ1) is 9.54. The molecule has 1 N–H and O–H groups in total. The fourth-order valence-electron chi connectivity index (χ4n) is 2.52. The van der Waals surface area contributed by atoms with Crippen molar-refractivity contribution in [3.05, 3.63) is 34.1 Å². The third-order valence-electron chi connectivity index (χ3n) is 3.71. The minimum absolute atomic E-state index is 0.0377. The second kappa shape index (κ2) is 7.18. The van der Waals surface area contributed by atoms with Crippen LogP contribution in [0.3, 0.4) is 0 Å². The van der Waals surface area contributed by atoms with Crippen LogP contribution in [0.15, 0.2) is 22.7 Å². The number of aryl methyl sites for hydroxylation is 1. The van der Waals surface area contributed by atoms with E-state index in [1.165, 1.54) is 12.1 Å². The molecule has 1 aromatic carbocycles. The summed E-state index contributed by atoms with van der Waals surface area (Å²) in [7, 11) is 2.10. The topological polar surface area (TPSA) is 32.3 Å². The molecule has 0 radical (unpaired) electrons. The summed E-state index contributed by atoms with van der Waals surface area (Å²) in [6, 6.07) is 4.56. The average Bonchev–Trinajstić information content (AvgIpc) is 2.83. The van der Waals surface area contributed by atoms with Crippen LogP contribution in [0.2, 0.25) is 0 Å². The van der Waals surface area contributed by atoms with E-state index in [9.17, 15) is 9.18 Å². The molecule has 1 atom stereocenters. The van der Waals surface area contributed by atoms with Gasteiger partial charge in [-0.05, 0) is 56.1 Å². The van der Waals surface area contributed by atoms with Gasteiger partial charge >= 0.3 is 0 Å². The zero-order valence-electron chi connectivity index (χ0n) is 11.7. The van der Waals surface area contributed by atoms with Crippen LogP contribution in [-0.4, -0.2) is 37.5 Å². The summed E-state index contributed by atoms with van der Waals surface area (Å²) in [5.41, 5.74) is 0.834. The molecular weight excluding hydrogens is 323 g/mol. The second-order valence-corrected chi connectivity index (χ2v) is 6.31. The molecule has 5 heteroatoms. The van der Waals surface area contributed by atoms with Gasteiger partial charge in [0, 0.05) is 24.0 Å². The van der Waals surface area contributed by atoms with Gasteiger partial charge in [-0.1, -0.05) is 15.9 Å². The fourth-order valence-corrected chi connectivity index (χ4v) is 2.97. The Morgan fingerprint density at radius 3 is 3.05 bits per heavy atom.